The van der Waals surface area contributed by atoms with E-state index in [2.05, 4.69) is 26.6 Å². The number of rotatable bonds is 19. The predicted molar refractivity (Wildman–Crippen MR) is 157 cm³/mol. The zero-order chi connectivity index (χ0) is 30.2. The molecule has 5 N–H and O–H groups in total. The number of unbranched alkanes of at least 4 members (excludes halogenated alkanes) is 1. The minimum absolute atomic E-state index is 0.00627. The zero-order valence-corrected chi connectivity index (χ0v) is 24.7. The summed E-state index contributed by atoms with van der Waals surface area (Å²) in [6, 6.07) is 6.66. The number of esters is 1. The zero-order valence-electron chi connectivity index (χ0n) is 23.9. The summed E-state index contributed by atoms with van der Waals surface area (Å²) in [5.41, 5.74) is 0.891. The van der Waals surface area contributed by atoms with Crippen molar-refractivity contribution in [1.29, 1.82) is 0 Å². The summed E-state index contributed by atoms with van der Waals surface area (Å²) in [6.07, 6.45) is 2.85. The van der Waals surface area contributed by atoms with Gasteiger partial charge >= 0.3 is 12.0 Å². The molecule has 0 spiro atoms. The maximum atomic E-state index is 12.3. The van der Waals surface area contributed by atoms with Gasteiger partial charge in [-0.15, -0.1) is 0 Å². The first kappa shape index (κ1) is 33.1. The summed E-state index contributed by atoms with van der Waals surface area (Å²) < 4.78 is 15.7. The lowest BCUT2D eigenvalue weighted by Gasteiger charge is -2.16. The van der Waals surface area contributed by atoms with Crippen LogP contribution in [0, 0.1) is 0 Å². The largest absolute Gasteiger partial charge is 0.466 e. The topological polar surface area (TPSA) is 173 Å². The molecule has 2 saturated heterocycles. The molecule has 0 bridgehead atoms. The molecule has 0 radical (unpaired) electrons. The molecule has 2 aliphatic rings. The van der Waals surface area contributed by atoms with Crippen LogP contribution in [0.2, 0.25) is 0 Å². The molecule has 232 valence electrons. The highest BCUT2D eigenvalue weighted by Gasteiger charge is 2.42. The number of ether oxygens (including phenoxy) is 3. The fraction of sp³-hybridized carbons (Fsp3) is 0.607. The Morgan fingerprint density at radius 1 is 0.929 bits per heavy atom. The van der Waals surface area contributed by atoms with E-state index in [1.165, 1.54) is 0 Å². The number of nitrogens with one attached hydrogen (secondary N) is 5. The fourth-order valence-corrected chi connectivity index (χ4v) is 6.08. The Morgan fingerprint density at radius 2 is 1.64 bits per heavy atom. The Labute approximate surface area is 249 Å². The van der Waals surface area contributed by atoms with Crippen molar-refractivity contribution in [3.8, 4) is 0 Å². The number of amides is 5. The molecule has 0 aliphatic carbocycles. The van der Waals surface area contributed by atoms with Crippen molar-refractivity contribution in [3.63, 3.8) is 0 Å². The van der Waals surface area contributed by atoms with Gasteiger partial charge in [-0.3, -0.25) is 19.2 Å². The molecule has 2 heterocycles. The van der Waals surface area contributed by atoms with Gasteiger partial charge in [0.25, 0.3) is 5.91 Å². The van der Waals surface area contributed by atoms with Gasteiger partial charge in [0.1, 0.15) is 6.42 Å². The van der Waals surface area contributed by atoms with Crippen LogP contribution in [0.5, 0.6) is 0 Å². The summed E-state index contributed by atoms with van der Waals surface area (Å²) in [5, 5.41) is 14.5. The van der Waals surface area contributed by atoms with E-state index < -0.39 is 11.9 Å². The second-order valence-corrected chi connectivity index (χ2v) is 11.1. The first-order valence-electron chi connectivity index (χ1n) is 14.3. The van der Waals surface area contributed by atoms with E-state index in [1.54, 1.807) is 31.2 Å². The number of benzene rings is 1. The number of urea groups is 1. The van der Waals surface area contributed by atoms with Crippen LogP contribution in [0.15, 0.2) is 24.3 Å². The van der Waals surface area contributed by atoms with Crippen LogP contribution in [0.1, 0.15) is 49.4 Å². The summed E-state index contributed by atoms with van der Waals surface area (Å²) in [4.78, 5) is 58.9. The molecule has 3 rings (SSSR count). The van der Waals surface area contributed by atoms with Crippen molar-refractivity contribution in [2.24, 2.45) is 0 Å². The highest BCUT2D eigenvalue weighted by atomic mass is 32.2. The average molecular weight is 608 g/mol. The summed E-state index contributed by atoms with van der Waals surface area (Å²) in [6.45, 7) is 4.07. The molecule has 1 aromatic rings. The van der Waals surface area contributed by atoms with Crippen LogP contribution in [-0.2, 0) is 28.6 Å². The van der Waals surface area contributed by atoms with Crippen LogP contribution in [0.25, 0.3) is 0 Å². The number of hydrogen-bond acceptors (Lipinski definition) is 9. The Hall–Kier alpha value is -3.36. The Bertz CT molecular complexity index is 1060. The highest BCUT2D eigenvalue weighted by molar-refractivity contribution is 8.00. The van der Waals surface area contributed by atoms with Crippen molar-refractivity contribution >= 4 is 47.2 Å². The molecule has 5 amide bonds. The van der Waals surface area contributed by atoms with Crippen molar-refractivity contribution in [3.05, 3.63) is 29.8 Å². The molecule has 3 atom stereocenters. The maximum Gasteiger partial charge on any atom is 0.315 e. The molecule has 0 unspecified atom stereocenters. The van der Waals surface area contributed by atoms with Gasteiger partial charge in [0.2, 0.25) is 11.8 Å². The van der Waals surface area contributed by atoms with Crippen molar-refractivity contribution in [2.75, 3.05) is 57.2 Å². The molecule has 13 nitrogen and oxygen atoms in total. The lowest BCUT2D eigenvalue weighted by Crippen LogP contribution is -2.36. The van der Waals surface area contributed by atoms with Crippen molar-refractivity contribution < 1.29 is 38.2 Å². The van der Waals surface area contributed by atoms with Crippen LogP contribution < -0.4 is 26.6 Å². The van der Waals surface area contributed by atoms with Crippen molar-refractivity contribution in [2.45, 2.75) is 56.4 Å². The van der Waals surface area contributed by atoms with E-state index in [0.29, 0.717) is 62.4 Å². The minimum atomic E-state index is -0.598. The molecular formula is C28H41N5O8S. The molecule has 2 fully saturated rings. The summed E-state index contributed by atoms with van der Waals surface area (Å²) >= 11 is 1.88. The van der Waals surface area contributed by atoms with E-state index in [-0.39, 0.29) is 43.0 Å². The van der Waals surface area contributed by atoms with Gasteiger partial charge in [0.15, 0.2) is 0 Å². The number of carbonyl (C=O) groups excluding carboxylic acids is 5. The molecule has 1 aromatic carbocycles. The second-order valence-electron chi connectivity index (χ2n) is 9.81. The Morgan fingerprint density at radius 3 is 2.36 bits per heavy atom. The number of thioether (sulfide) groups is 1. The number of fused-ring (bicyclic) bond motifs is 1. The van der Waals surface area contributed by atoms with Crippen LogP contribution >= 0.6 is 11.8 Å². The maximum absolute atomic E-state index is 12.3. The van der Waals surface area contributed by atoms with E-state index in [4.69, 9.17) is 14.2 Å². The summed E-state index contributed by atoms with van der Waals surface area (Å²) in [7, 11) is 0. The molecule has 2 aliphatic heterocycles. The third-order valence-corrected chi connectivity index (χ3v) is 8.10. The second kappa shape index (κ2) is 18.2. The fourth-order valence-electron chi connectivity index (χ4n) is 4.54. The quantitative estimate of drug-likeness (QED) is 0.0670. The van der Waals surface area contributed by atoms with Gasteiger partial charge in [-0.2, -0.15) is 11.8 Å². The predicted octanol–water partition coefficient (Wildman–Crippen LogP) is 1.18. The van der Waals surface area contributed by atoms with E-state index in [1.807, 2.05) is 11.8 Å². The molecule has 14 heteroatoms. The normalized spacial score (nSPS) is 18.9. The average Bonchev–Trinajstić information content (AvgIpc) is 3.51. The monoisotopic (exact) mass is 607 g/mol. The molecular weight excluding hydrogens is 566 g/mol. The van der Waals surface area contributed by atoms with E-state index in [9.17, 15) is 24.0 Å². The summed E-state index contributed by atoms with van der Waals surface area (Å²) in [5.74, 6) is -0.416. The first-order chi connectivity index (χ1) is 20.4. The van der Waals surface area contributed by atoms with Gasteiger partial charge in [0.05, 0.1) is 45.1 Å². The van der Waals surface area contributed by atoms with E-state index in [0.717, 1.165) is 25.0 Å². The standard InChI is InChI=1S/C28H41N5O8S/c1-2-41-25(36)17-24(35)31-20-9-7-19(8-10-20)27(37)30-12-14-40-16-15-39-13-11-29-23(34)6-4-3-5-22-26-21(18-42-22)32-28(38)33-26/h7-10,21-22,26H,2-6,11-18H2,1H3,(H,29,34)(H,30,37)(H,31,35)(H2,32,33,38)/t21-,22-,26+/m0/s1. The number of carbonyl (C=O) groups is 5. The lowest BCUT2D eigenvalue weighted by atomic mass is 10.0. The Balaban J connectivity index is 1.11. The highest BCUT2D eigenvalue weighted by Crippen LogP contribution is 2.33. The molecule has 0 saturated carbocycles. The molecule has 0 aromatic heterocycles. The van der Waals surface area contributed by atoms with Crippen LogP contribution in [0.3, 0.4) is 0 Å². The van der Waals surface area contributed by atoms with Crippen molar-refractivity contribution in [1.82, 2.24) is 21.3 Å². The van der Waals surface area contributed by atoms with Gasteiger partial charge in [0, 0.05) is 41.8 Å². The smallest absolute Gasteiger partial charge is 0.315 e. The first-order valence-corrected chi connectivity index (χ1v) is 15.3. The Kier molecular flexibility index (Phi) is 14.4. The SMILES string of the molecule is CCOC(=O)CC(=O)Nc1ccc(C(=O)NCCOCCOCCNC(=O)CCCC[C@@H]2SC[C@@H]3NC(=O)N[C@H]32)cc1. The van der Waals surface area contributed by atoms with Crippen LogP contribution in [-0.4, -0.2) is 98.9 Å². The number of hydrogen-bond donors (Lipinski definition) is 5. The van der Waals surface area contributed by atoms with Gasteiger partial charge in [-0.05, 0) is 44.0 Å². The number of anilines is 1. The van der Waals surface area contributed by atoms with E-state index >= 15 is 0 Å². The van der Waals surface area contributed by atoms with Gasteiger partial charge in [-0.1, -0.05) is 6.42 Å². The lowest BCUT2D eigenvalue weighted by molar-refractivity contribution is -0.145. The minimum Gasteiger partial charge on any atom is -0.466 e. The van der Waals surface area contributed by atoms with Gasteiger partial charge in [-0.25, -0.2) is 4.79 Å². The third-order valence-electron chi connectivity index (χ3n) is 6.59. The third kappa shape index (κ3) is 11.9. The molecule has 42 heavy (non-hydrogen) atoms. The van der Waals surface area contributed by atoms with Crippen LogP contribution in [0.4, 0.5) is 10.5 Å². The van der Waals surface area contributed by atoms with Gasteiger partial charge < -0.3 is 40.8 Å².